The van der Waals surface area contributed by atoms with Crippen LogP contribution in [-0.2, 0) is 0 Å². The van der Waals surface area contributed by atoms with Crippen LogP contribution in [0.5, 0.6) is 0 Å². The fourth-order valence-electron chi connectivity index (χ4n) is 3.72. The van der Waals surface area contributed by atoms with E-state index >= 15 is 0 Å². The summed E-state index contributed by atoms with van der Waals surface area (Å²) in [5.41, 5.74) is 3.43. The predicted octanol–water partition coefficient (Wildman–Crippen LogP) is 4.83. The minimum Gasteiger partial charge on any atom is -0.334 e. The molecule has 8 nitrogen and oxygen atoms in total. The molecule has 0 saturated carbocycles. The molecule has 0 aliphatic carbocycles. The van der Waals surface area contributed by atoms with Crippen LogP contribution >= 0.6 is 23.2 Å². The van der Waals surface area contributed by atoms with Crippen molar-refractivity contribution in [2.75, 3.05) is 6.54 Å². The highest BCUT2D eigenvalue weighted by Crippen LogP contribution is 2.36. The Bertz CT molecular complexity index is 1320. The number of aryl methyl sites for hydroxylation is 1. The van der Waals surface area contributed by atoms with E-state index in [0.717, 1.165) is 23.1 Å². The molecule has 4 aromatic rings. The minimum atomic E-state index is -0.294. The molecule has 32 heavy (non-hydrogen) atoms. The second-order valence-electron chi connectivity index (χ2n) is 7.61. The lowest BCUT2D eigenvalue weighted by molar-refractivity contribution is 0.0435. The van der Waals surface area contributed by atoms with Crippen molar-refractivity contribution < 1.29 is 9.32 Å². The SMILES string of the molecule is Cc1cc(-n2nccn2)c(C(=O)N2CCC2c2noc(-c3cccc(Cl)c3C)n2)cc1Cl. The summed E-state index contributed by atoms with van der Waals surface area (Å²) in [6.45, 7) is 4.34. The average Bonchev–Trinajstić information content (AvgIpc) is 3.43. The molecule has 10 heteroatoms. The van der Waals surface area contributed by atoms with Crippen molar-refractivity contribution >= 4 is 29.1 Å². The molecule has 1 fully saturated rings. The Labute approximate surface area is 193 Å². The van der Waals surface area contributed by atoms with Crippen LogP contribution in [0.4, 0.5) is 0 Å². The number of hydrogen-bond acceptors (Lipinski definition) is 6. The number of hydrogen-bond donors (Lipinski definition) is 0. The van der Waals surface area contributed by atoms with Crippen LogP contribution in [0.15, 0.2) is 47.2 Å². The van der Waals surface area contributed by atoms with Crippen LogP contribution in [0.2, 0.25) is 10.0 Å². The Morgan fingerprint density at radius 3 is 2.62 bits per heavy atom. The monoisotopic (exact) mass is 468 g/mol. The number of amides is 1. The molecule has 1 unspecified atom stereocenters. The molecule has 162 valence electrons. The van der Waals surface area contributed by atoms with Crippen LogP contribution in [0, 0.1) is 13.8 Å². The highest BCUT2D eigenvalue weighted by Gasteiger charge is 2.38. The minimum absolute atomic E-state index is 0.194. The number of halogens is 2. The van der Waals surface area contributed by atoms with Crippen LogP contribution in [0.25, 0.3) is 17.1 Å². The summed E-state index contributed by atoms with van der Waals surface area (Å²) in [6.07, 6.45) is 3.85. The lowest BCUT2D eigenvalue weighted by atomic mass is 9.99. The van der Waals surface area contributed by atoms with Gasteiger partial charge in [-0.05, 0) is 55.7 Å². The van der Waals surface area contributed by atoms with Crippen molar-refractivity contribution in [2.24, 2.45) is 0 Å². The summed E-state index contributed by atoms with van der Waals surface area (Å²) in [5.74, 6) is 0.635. The first-order chi connectivity index (χ1) is 15.4. The van der Waals surface area contributed by atoms with Gasteiger partial charge in [-0.3, -0.25) is 4.79 Å². The number of carbonyl (C=O) groups excluding carboxylic acids is 1. The highest BCUT2D eigenvalue weighted by molar-refractivity contribution is 6.32. The fourth-order valence-corrected chi connectivity index (χ4v) is 4.05. The summed E-state index contributed by atoms with van der Waals surface area (Å²) >= 11 is 12.6. The van der Waals surface area contributed by atoms with E-state index in [1.165, 1.54) is 4.80 Å². The molecule has 0 bridgehead atoms. The van der Waals surface area contributed by atoms with Gasteiger partial charge in [-0.1, -0.05) is 34.4 Å². The van der Waals surface area contributed by atoms with E-state index < -0.39 is 0 Å². The number of benzene rings is 2. The zero-order valence-electron chi connectivity index (χ0n) is 17.3. The Hall–Kier alpha value is -3.23. The third-order valence-electron chi connectivity index (χ3n) is 5.66. The van der Waals surface area contributed by atoms with E-state index in [1.54, 1.807) is 29.4 Å². The molecule has 0 radical (unpaired) electrons. The van der Waals surface area contributed by atoms with Gasteiger partial charge >= 0.3 is 0 Å². The van der Waals surface area contributed by atoms with Crippen molar-refractivity contribution in [3.8, 4) is 17.1 Å². The van der Waals surface area contributed by atoms with E-state index in [0.29, 0.717) is 39.6 Å². The number of likely N-dealkylation sites (tertiary alicyclic amines) is 1. The van der Waals surface area contributed by atoms with Crippen molar-refractivity contribution in [1.29, 1.82) is 0 Å². The van der Waals surface area contributed by atoms with Gasteiger partial charge in [-0.2, -0.15) is 20.0 Å². The van der Waals surface area contributed by atoms with Crippen LogP contribution in [0.1, 0.15) is 39.8 Å². The molecule has 1 atom stereocenters. The maximum Gasteiger partial charge on any atom is 0.258 e. The third kappa shape index (κ3) is 3.45. The van der Waals surface area contributed by atoms with Gasteiger partial charge in [0, 0.05) is 22.2 Å². The number of carbonyl (C=O) groups is 1. The molecule has 1 amide bonds. The smallest absolute Gasteiger partial charge is 0.258 e. The van der Waals surface area contributed by atoms with Crippen molar-refractivity contribution in [3.05, 3.63) is 75.3 Å². The summed E-state index contributed by atoms with van der Waals surface area (Å²) in [7, 11) is 0. The summed E-state index contributed by atoms with van der Waals surface area (Å²) in [6, 6.07) is 8.68. The van der Waals surface area contributed by atoms with E-state index in [4.69, 9.17) is 27.7 Å². The lowest BCUT2D eigenvalue weighted by Crippen LogP contribution is -2.46. The van der Waals surface area contributed by atoms with Gasteiger partial charge in [0.2, 0.25) is 0 Å². The maximum absolute atomic E-state index is 13.5. The van der Waals surface area contributed by atoms with E-state index in [-0.39, 0.29) is 11.9 Å². The van der Waals surface area contributed by atoms with Crippen molar-refractivity contribution in [1.82, 2.24) is 30.0 Å². The number of aromatic nitrogens is 5. The summed E-state index contributed by atoms with van der Waals surface area (Å²) < 4.78 is 5.49. The molecule has 2 aromatic heterocycles. The van der Waals surface area contributed by atoms with Crippen LogP contribution in [0.3, 0.4) is 0 Å². The first kappa shape index (κ1) is 20.7. The molecule has 2 aromatic carbocycles. The van der Waals surface area contributed by atoms with Gasteiger partial charge in [0.15, 0.2) is 5.82 Å². The van der Waals surface area contributed by atoms with E-state index in [2.05, 4.69) is 20.3 Å². The van der Waals surface area contributed by atoms with Gasteiger partial charge in [0.05, 0.1) is 29.7 Å². The van der Waals surface area contributed by atoms with Gasteiger partial charge in [0.1, 0.15) is 0 Å². The zero-order valence-corrected chi connectivity index (χ0v) is 18.8. The second kappa shape index (κ2) is 8.03. The van der Waals surface area contributed by atoms with E-state index in [1.807, 2.05) is 32.0 Å². The maximum atomic E-state index is 13.5. The highest BCUT2D eigenvalue weighted by atomic mass is 35.5. The standard InChI is InChI=1S/C22H18Cl2N6O2/c1-12-10-19(30-25-7-8-26-30)15(11-17(12)24)22(31)29-9-6-18(29)20-27-21(32-28-20)14-4-3-5-16(23)13(14)2/h3-5,7-8,10-11,18H,6,9H2,1-2H3. The first-order valence-corrected chi connectivity index (χ1v) is 10.8. The van der Waals surface area contributed by atoms with Crippen LogP contribution in [-0.4, -0.2) is 42.5 Å². The topological polar surface area (TPSA) is 89.9 Å². The van der Waals surface area contributed by atoms with Gasteiger partial charge in [-0.25, -0.2) is 0 Å². The van der Waals surface area contributed by atoms with Crippen molar-refractivity contribution in [3.63, 3.8) is 0 Å². The molecular formula is C22H18Cl2N6O2. The summed E-state index contributed by atoms with van der Waals surface area (Å²) in [4.78, 5) is 21.1. The zero-order chi connectivity index (χ0) is 22.4. The Balaban J connectivity index is 1.46. The normalized spacial score (nSPS) is 15.6. The quantitative estimate of drug-likeness (QED) is 0.426. The van der Waals surface area contributed by atoms with Gasteiger partial charge in [0.25, 0.3) is 11.8 Å². The Morgan fingerprint density at radius 2 is 1.91 bits per heavy atom. The van der Waals surface area contributed by atoms with E-state index in [9.17, 15) is 4.79 Å². The molecule has 0 N–H and O–H groups in total. The molecule has 3 heterocycles. The predicted molar refractivity (Wildman–Crippen MR) is 119 cm³/mol. The molecule has 1 saturated heterocycles. The molecule has 1 aliphatic heterocycles. The molecule has 5 rings (SSSR count). The molecular weight excluding hydrogens is 451 g/mol. The number of nitrogens with zero attached hydrogens (tertiary/aromatic N) is 6. The Morgan fingerprint density at radius 1 is 1.12 bits per heavy atom. The largest absolute Gasteiger partial charge is 0.334 e. The van der Waals surface area contributed by atoms with Crippen molar-refractivity contribution in [2.45, 2.75) is 26.3 Å². The second-order valence-corrected chi connectivity index (χ2v) is 8.42. The Kier molecular flexibility index (Phi) is 5.19. The number of rotatable bonds is 4. The molecule has 1 aliphatic rings. The van der Waals surface area contributed by atoms with Gasteiger partial charge in [-0.15, -0.1) is 0 Å². The first-order valence-electron chi connectivity index (χ1n) is 10.0. The third-order valence-corrected chi connectivity index (χ3v) is 6.48. The van der Waals surface area contributed by atoms with Crippen LogP contribution < -0.4 is 0 Å². The molecule has 0 spiro atoms. The van der Waals surface area contributed by atoms with Gasteiger partial charge < -0.3 is 9.42 Å². The lowest BCUT2D eigenvalue weighted by Gasteiger charge is -2.39. The average molecular weight is 469 g/mol. The summed E-state index contributed by atoms with van der Waals surface area (Å²) in [5, 5.41) is 13.6. The fraction of sp³-hybridized carbons (Fsp3) is 0.227.